The van der Waals surface area contributed by atoms with E-state index in [0.29, 0.717) is 46.2 Å². The molecule has 10 nitrogen and oxygen atoms in total. The molecule has 0 aliphatic rings. The highest BCUT2D eigenvalue weighted by Crippen LogP contribution is 2.33. The van der Waals surface area contributed by atoms with Crippen LogP contribution in [0.15, 0.2) is 36.7 Å². The van der Waals surface area contributed by atoms with Gasteiger partial charge in [0, 0.05) is 25.1 Å². The Kier molecular flexibility index (Phi) is 6.59. The smallest absolute Gasteiger partial charge is 0.341 e. The molecular formula is C25H25N7O3. The molecule has 3 heterocycles. The molecule has 0 radical (unpaired) electrons. The van der Waals surface area contributed by atoms with Crippen molar-refractivity contribution in [2.45, 2.75) is 27.2 Å². The Hall–Kier alpha value is -4.52. The van der Waals surface area contributed by atoms with Crippen LogP contribution in [0, 0.1) is 25.2 Å². The number of carbonyl (C=O) groups is 1. The van der Waals surface area contributed by atoms with Crippen LogP contribution in [0.4, 0.5) is 0 Å². The summed E-state index contributed by atoms with van der Waals surface area (Å²) in [5.74, 6) is 0.769. The number of methoxy groups -OCH3 is 1. The van der Waals surface area contributed by atoms with Crippen molar-refractivity contribution in [3.8, 4) is 28.9 Å². The summed E-state index contributed by atoms with van der Waals surface area (Å²) in [7, 11) is 3.45. The molecule has 0 saturated heterocycles. The molecule has 0 saturated carbocycles. The van der Waals surface area contributed by atoms with Crippen LogP contribution in [0.3, 0.4) is 0 Å². The van der Waals surface area contributed by atoms with Gasteiger partial charge in [0.15, 0.2) is 11.6 Å². The predicted molar refractivity (Wildman–Crippen MR) is 127 cm³/mol. The monoisotopic (exact) mass is 471 g/mol. The summed E-state index contributed by atoms with van der Waals surface area (Å²) in [4.78, 5) is 21.1. The summed E-state index contributed by atoms with van der Waals surface area (Å²) in [6.07, 6.45) is 1.90. The van der Waals surface area contributed by atoms with Gasteiger partial charge in [-0.05, 0) is 32.9 Å². The number of rotatable bonds is 7. The molecule has 0 fully saturated rings. The van der Waals surface area contributed by atoms with Crippen molar-refractivity contribution in [2.24, 2.45) is 7.05 Å². The summed E-state index contributed by atoms with van der Waals surface area (Å²) in [5, 5.41) is 18.2. The third-order valence-electron chi connectivity index (χ3n) is 5.66. The van der Waals surface area contributed by atoms with Crippen molar-refractivity contribution >= 4 is 5.97 Å². The fraction of sp³-hybridized carbons (Fsp3) is 0.280. The van der Waals surface area contributed by atoms with Crippen molar-refractivity contribution in [1.82, 2.24) is 29.5 Å². The molecule has 35 heavy (non-hydrogen) atoms. The van der Waals surface area contributed by atoms with Crippen molar-refractivity contribution < 1.29 is 14.3 Å². The first-order valence-electron chi connectivity index (χ1n) is 11.0. The number of esters is 1. The molecule has 4 aromatic rings. The van der Waals surface area contributed by atoms with Gasteiger partial charge < -0.3 is 9.47 Å². The number of aryl methyl sites for hydroxylation is 2. The van der Waals surface area contributed by atoms with Gasteiger partial charge in [0.05, 0.1) is 48.1 Å². The van der Waals surface area contributed by atoms with E-state index in [4.69, 9.17) is 14.7 Å². The second-order valence-corrected chi connectivity index (χ2v) is 7.86. The third-order valence-corrected chi connectivity index (χ3v) is 5.66. The summed E-state index contributed by atoms with van der Waals surface area (Å²) in [5.41, 5.74) is 5.32. The minimum absolute atomic E-state index is 0.289. The molecular weight excluding hydrogens is 446 g/mol. The molecule has 0 amide bonds. The van der Waals surface area contributed by atoms with Crippen molar-refractivity contribution in [2.75, 3.05) is 13.7 Å². The van der Waals surface area contributed by atoms with Crippen molar-refractivity contribution in [3.63, 3.8) is 0 Å². The van der Waals surface area contributed by atoms with Gasteiger partial charge in [-0.1, -0.05) is 12.1 Å². The maximum atomic E-state index is 12.4. The Morgan fingerprint density at radius 1 is 1.14 bits per heavy atom. The Balaban J connectivity index is 1.68. The highest BCUT2D eigenvalue weighted by Gasteiger charge is 2.22. The van der Waals surface area contributed by atoms with Crippen LogP contribution in [0.5, 0.6) is 5.75 Å². The summed E-state index contributed by atoms with van der Waals surface area (Å²) in [6, 6.07) is 11.1. The molecule has 0 spiro atoms. The SMILES string of the molecule is CCOC(=O)c1c(C)nn(-c2cc(Cc3c(OC)c(-c4ccc(C#N)cc4)nn3C)ncn2)c1C. The average molecular weight is 472 g/mol. The zero-order valence-corrected chi connectivity index (χ0v) is 20.2. The summed E-state index contributed by atoms with van der Waals surface area (Å²) >= 11 is 0. The minimum atomic E-state index is -0.405. The van der Waals surface area contributed by atoms with E-state index >= 15 is 0 Å². The molecule has 10 heteroatoms. The lowest BCUT2D eigenvalue weighted by Gasteiger charge is -2.08. The van der Waals surface area contributed by atoms with Gasteiger partial charge in [0.2, 0.25) is 0 Å². The quantitative estimate of drug-likeness (QED) is 0.376. The van der Waals surface area contributed by atoms with Crippen LogP contribution in [0.25, 0.3) is 17.1 Å². The number of nitrogens with zero attached hydrogens (tertiary/aromatic N) is 7. The molecule has 178 valence electrons. The van der Waals surface area contributed by atoms with Crippen LogP contribution in [-0.4, -0.2) is 49.2 Å². The van der Waals surface area contributed by atoms with E-state index in [1.165, 1.54) is 6.33 Å². The van der Waals surface area contributed by atoms with E-state index < -0.39 is 5.97 Å². The van der Waals surface area contributed by atoms with Crippen LogP contribution < -0.4 is 4.74 Å². The number of benzene rings is 1. The van der Waals surface area contributed by atoms with Crippen molar-refractivity contribution in [3.05, 3.63) is 70.6 Å². The molecule has 3 aromatic heterocycles. The lowest BCUT2D eigenvalue weighted by atomic mass is 10.1. The molecule has 4 rings (SSSR count). The van der Waals surface area contributed by atoms with Crippen LogP contribution in [0.1, 0.15) is 45.6 Å². The standard InChI is InChI=1S/C25H25N7O3/c1-6-35-25(33)22-15(2)29-32(16(22)3)21-12-19(27-14-28-21)11-20-24(34-5)23(30-31(20)4)18-9-7-17(13-26)8-10-18/h7-10,12,14H,6,11H2,1-5H3. The Morgan fingerprint density at radius 3 is 2.54 bits per heavy atom. The highest BCUT2D eigenvalue weighted by atomic mass is 16.5. The van der Waals surface area contributed by atoms with Crippen LogP contribution in [-0.2, 0) is 18.2 Å². The van der Waals surface area contributed by atoms with E-state index in [2.05, 4.69) is 26.2 Å². The number of hydrogen-bond acceptors (Lipinski definition) is 8. The maximum Gasteiger partial charge on any atom is 0.341 e. The molecule has 1 aromatic carbocycles. The summed E-state index contributed by atoms with van der Waals surface area (Å²) in [6.45, 7) is 5.63. The molecule has 0 aliphatic carbocycles. The zero-order chi connectivity index (χ0) is 25.1. The Morgan fingerprint density at radius 2 is 1.89 bits per heavy atom. The van der Waals surface area contributed by atoms with Gasteiger partial charge in [0.25, 0.3) is 0 Å². The first kappa shape index (κ1) is 23.6. The van der Waals surface area contributed by atoms with E-state index in [1.54, 1.807) is 42.5 Å². The van der Waals surface area contributed by atoms with Gasteiger partial charge in [-0.3, -0.25) is 4.68 Å². The second-order valence-electron chi connectivity index (χ2n) is 7.86. The second kappa shape index (κ2) is 9.77. The topological polar surface area (TPSA) is 121 Å². The Labute approximate surface area is 202 Å². The molecule has 0 unspecified atom stereocenters. The predicted octanol–water partition coefficient (Wildman–Crippen LogP) is 3.33. The normalized spacial score (nSPS) is 10.7. The highest BCUT2D eigenvalue weighted by molar-refractivity contribution is 5.92. The number of hydrogen-bond donors (Lipinski definition) is 0. The molecule has 0 aliphatic heterocycles. The molecule has 0 N–H and O–H groups in total. The van der Waals surface area contributed by atoms with Crippen molar-refractivity contribution in [1.29, 1.82) is 5.26 Å². The van der Waals surface area contributed by atoms with E-state index in [-0.39, 0.29) is 6.61 Å². The fourth-order valence-corrected chi connectivity index (χ4v) is 3.97. The lowest BCUT2D eigenvalue weighted by Crippen LogP contribution is -2.09. The number of ether oxygens (including phenoxy) is 2. The van der Waals surface area contributed by atoms with Crippen LogP contribution in [0.2, 0.25) is 0 Å². The zero-order valence-electron chi connectivity index (χ0n) is 20.2. The lowest BCUT2D eigenvalue weighted by molar-refractivity contribution is 0.0524. The largest absolute Gasteiger partial charge is 0.492 e. The Bertz CT molecular complexity index is 1430. The third kappa shape index (κ3) is 4.48. The minimum Gasteiger partial charge on any atom is -0.492 e. The maximum absolute atomic E-state index is 12.4. The van der Waals surface area contributed by atoms with Gasteiger partial charge in [-0.15, -0.1) is 0 Å². The van der Waals surface area contributed by atoms with Gasteiger partial charge in [0.1, 0.15) is 17.6 Å². The van der Waals surface area contributed by atoms with E-state index in [1.807, 2.05) is 32.2 Å². The fourth-order valence-electron chi connectivity index (χ4n) is 3.97. The number of nitriles is 1. The number of carbonyl (C=O) groups excluding carboxylic acids is 1. The first-order valence-corrected chi connectivity index (χ1v) is 11.0. The van der Waals surface area contributed by atoms with E-state index in [9.17, 15) is 4.79 Å². The first-order chi connectivity index (χ1) is 16.9. The molecule has 0 atom stereocenters. The van der Waals surface area contributed by atoms with Crippen LogP contribution >= 0.6 is 0 Å². The number of aromatic nitrogens is 6. The van der Waals surface area contributed by atoms with Gasteiger partial charge in [-0.2, -0.15) is 15.5 Å². The molecule has 0 bridgehead atoms. The summed E-state index contributed by atoms with van der Waals surface area (Å²) < 4.78 is 14.3. The van der Waals surface area contributed by atoms with E-state index in [0.717, 1.165) is 17.0 Å². The van der Waals surface area contributed by atoms with Gasteiger partial charge >= 0.3 is 5.97 Å². The average Bonchev–Trinajstić information content (AvgIpc) is 3.34. The van der Waals surface area contributed by atoms with Gasteiger partial charge in [-0.25, -0.2) is 19.4 Å².